The van der Waals surface area contributed by atoms with Gasteiger partial charge in [0.2, 0.25) is 10.0 Å². The van der Waals surface area contributed by atoms with Gasteiger partial charge < -0.3 is 5.73 Å². The smallest absolute Gasteiger partial charge is 0.235 e. The van der Waals surface area contributed by atoms with Crippen LogP contribution in [0, 0.1) is 6.92 Å². The summed E-state index contributed by atoms with van der Waals surface area (Å²) in [5.41, 5.74) is 8.13. The Morgan fingerprint density at radius 1 is 1.44 bits per heavy atom. The second kappa shape index (κ2) is 4.07. The molecular formula is C11H16N2O2S. The summed E-state index contributed by atoms with van der Waals surface area (Å²) in [5, 5.41) is -0.210. The molecule has 2 rings (SSSR count). The fourth-order valence-electron chi connectivity index (χ4n) is 1.68. The lowest BCUT2D eigenvalue weighted by atomic mass is 10.1. The first-order valence-corrected chi connectivity index (χ1v) is 6.89. The van der Waals surface area contributed by atoms with Gasteiger partial charge in [0.1, 0.15) is 0 Å². The summed E-state index contributed by atoms with van der Waals surface area (Å²) in [6.07, 6.45) is 1.53. The lowest BCUT2D eigenvalue weighted by molar-refractivity contribution is 0.600. The van der Waals surface area contributed by atoms with Crippen LogP contribution >= 0.6 is 0 Å². The van der Waals surface area contributed by atoms with Gasteiger partial charge in [0.05, 0.1) is 10.9 Å². The maximum Gasteiger partial charge on any atom is 0.235 e. The Bertz CT molecular complexity index is 493. The van der Waals surface area contributed by atoms with E-state index in [1.807, 2.05) is 19.1 Å². The van der Waals surface area contributed by atoms with Crippen molar-refractivity contribution in [3.8, 4) is 0 Å². The first kappa shape index (κ1) is 11.4. The topological polar surface area (TPSA) is 72.2 Å². The molecule has 1 aromatic rings. The standard InChI is InChI=1S/C11H16N2O2S/c1-8-3-2-4-11(10(8)7-12)13-16(14,15)9-5-6-9/h2-4,9,13H,5-7,12H2,1H3. The van der Waals surface area contributed by atoms with Crippen molar-refractivity contribution in [1.29, 1.82) is 0 Å². The molecule has 0 spiro atoms. The Morgan fingerprint density at radius 2 is 2.12 bits per heavy atom. The molecular weight excluding hydrogens is 224 g/mol. The highest BCUT2D eigenvalue weighted by atomic mass is 32.2. The van der Waals surface area contributed by atoms with Crippen LogP contribution in [0.5, 0.6) is 0 Å². The molecule has 0 atom stereocenters. The maximum atomic E-state index is 11.8. The number of hydrogen-bond acceptors (Lipinski definition) is 3. The fraction of sp³-hybridized carbons (Fsp3) is 0.455. The van der Waals surface area contributed by atoms with Crippen molar-refractivity contribution in [3.63, 3.8) is 0 Å². The largest absolute Gasteiger partial charge is 0.326 e. The summed E-state index contributed by atoms with van der Waals surface area (Å²) >= 11 is 0. The van der Waals surface area contributed by atoms with E-state index < -0.39 is 10.0 Å². The first-order chi connectivity index (χ1) is 7.54. The number of nitrogens with one attached hydrogen (secondary N) is 1. The van der Waals surface area contributed by atoms with E-state index in [2.05, 4.69) is 4.72 Å². The summed E-state index contributed by atoms with van der Waals surface area (Å²) < 4.78 is 26.2. The van der Waals surface area contributed by atoms with Gasteiger partial charge in [-0.1, -0.05) is 12.1 Å². The molecule has 3 N–H and O–H groups in total. The second-order valence-corrected chi connectivity index (χ2v) is 6.11. The average molecular weight is 240 g/mol. The Kier molecular flexibility index (Phi) is 2.90. The molecule has 0 aliphatic heterocycles. The molecule has 1 saturated carbocycles. The number of nitrogens with two attached hydrogens (primary N) is 1. The van der Waals surface area contributed by atoms with E-state index in [1.54, 1.807) is 6.07 Å². The van der Waals surface area contributed by atoms with Gasteiger partial charge in [-0.3, -0.25) is 4.72 Å². The Morgan fingerprint density at radius 3 is 2.69 bits per heavy atom. The van der Waals surface area contributed by atoms with Crippen molar-refractivity contribution in [3.05, 3.63) is 29.3 Å². The van der Waals surface area contributed by atoms with Gasteiger partial charge >= 0.3 is 0 Å². The van der Waals surface area contributed by atoms with Crippen molar-refractivity contribution in [2.45, 2.75) is 31.6 Å². The van der Waals surface area contributed by atoms with Gasteiger partial charge in [0.15, 0.2) is 0 Å². The van der Waals surface area contributed by atoms with E-state index in [4.69, 9.17) is 5.73 Å². The van der Waals surface area contributed by atoms with Crippen molar-refractivity contribution in [2.24, 2.45) is 5.73 Å². The predicted molar refractivity (Wildman–Crippen MR) is 64.6 cm³/mol. The summed E-state index contributed by atoms with van der Waals surface area (Å²) in [6.45, 7) is 2.27. The van der Waals surface area contributed by atoms with E-state index in [1.165, 1.54) is 0 Å². The Labute approximate surface area is 95.9 Å². The van der Waals surface area contributed by atoms with Crippen LogP contribution in [0.1, 0.15) is 24.0 Å². The molecule has 88 valence electrons. The van der Waals surface area contributed by atoms with Crippen molar-refractivity contribution >= 4 is 15.7 Å². The maximum absolute atomic E-state index is 11.8. The van der Waals surface area contributed by atoms with Crippen LogP contribution in [-0.4, -0.2) is 13.7 Å². The van der Waals surface area contributed by atoms with Crippen LogP contribution in [0.15, 0.2) is 18.2 Å². The normalized spacial score (nSPS) is 16.1. The molecule has 4 nitrogen and oxygen atoms in total. The second-order valence-electron chi connectivity index (χ2n) is 4.15. The van der Waals surface area contributed by atoms with Gasteiger partial charge in [-0.25, -0.2) is 8.42 Å². The van der Waals surface area contributed by atoms with Crippen LogP contribution in [0.25, 0.3) is 0 Å². The number of rotatable bonds is 4. The molecule has 16 heavy (non-hydrogen) atoms. The zero-order valence-electron chi connectivity index (χ0n) is 9.23. The van der Waals surface area contributed by atoms with Crippen LogP contribution in [-0.2, 0) is 16.6 Å². The van der Waals surface area contributed by atoms with Gasteiger partial charge in [0, 0.05) is 6.54 Å². The fourth-order valence-corrected chi connectivity index (χ4v) is 3.10. The minimum Gasteiger partial charge on any atom is -0.326 e. The molecule has 1 aromatic carbocycles. The molecule has 5 heteroatoms. The highest BCUT2D eigenvalue weighted by Gasteiger charge is 2.35. The van der Waals surface area contributed by atoms with Crippen molar-refractivity contribution in [2.75, 3.05) is 4.72 Å². The van der Waals surface area contributed by atoms with Gasteiger partial charge in [-0.2, -0.15) is 0 Å². The molecule has 0 amide bonds. The van der Waals surface area contributed by atoms with Gasteiger partial charge in [-0.15, -0.1) is 0 Å². The van der Waals surface area contributed by atoms with Crippen LogP contribution in [0.2, 0.25) is 0 Å². The SMILES string of the molecule is Cc1cccc(NS(=O)(=O)C2CC2)c1CN. The molecule has 0 radical (unpaired) electrons. The zero-order valence-corrected chi connectivity index (χ0v) is 10.0. The summed E-state index contributed by atoms with van der Waals surface area (Å²) in [7, 11) is -3.20. The predicted octanol–water partition coefficient (Wildman–Crippen LogP) is 1.36. The number of hydrogen-bond donors (Lipinski definition) is 2. The van der Waals surface area contributed by atoms with E-state index in [9.17, 15) is 8.42 Å². The van der Waals surface area contributed by atoms with E-state index in [0.29, 0.717) is 12.2 Å². The third-order valence-electron chi connectivity index (χ3n) is 2.83. The molecule has 1 aliphatic rings. The third-order valence-corrected chi connectivity index (χ3v) is 4.68. The molecule has 0 bridgehead atoms. The Hall–Kier alpha value is -1.07. The molecule has 0 heterocycles. The molecule has 1 fully saturated rings. The third kappa shape index (κ3) is 2.20. The number of aryl methyl sites for hydroxylation is 1. The minimum absolute atomic E-state index is 0.210. The van der Waals surface area contributed by atoms with Crippen molar-refractivity contribution < 1.29 is 8.42 Å². The lowest BCUT2D eigenvalue weighted by Gasteiger charge is -2.13. The lowest BCUT2D eigenvalue weighted by Crippen LogP contribution is -2.19. The molecule has 0 saturated heterocycles. The summed E-state index contributed by atoms with van der Waals surface area (Å²) in [6, 6.07) is 5.52. The average Bonchev–Trinajstić information content (AvgIpc) is 3.00. The highest BCUT2D eigenvalue weighted by Crippen LogP contribution is 2.30. The van der Waals surface area contributed by atoms with Crippen LogP contribution < -0.4 is 10.5 Å². The Balaban J connectivity index is 2.30. The van der Waals surface area contributed by atoms with E-state index >= 15 is 0 Å². The zero-order chi connectivity index (χ0) is 11.8. The van der Waals surface area contributed by atoms with Crippen LogP contribution in [0.4, 0.5) is 5.69 Å². The van der Waals surface area contributed by atoms with Gasteiger partial charge in [0.25, 0.3) is 0 Å². The van der Waals surface area contributed by atoms with E-state index in [-0.39, 0.29) is 5.25 Å². The van der Waals surface area contributed by atoms with E-state index in [0.717, 1.165) is 24.0 Å². The minimum atomic E-state index is -3.20. The summed E-state index contributed by atoms with van der Waals surface area (Å²) in [5.74, 6) is 0. The number of sulfonamides is 1. The highest BCUT2D eigenvalue weighted by molar-refractivity contribution is 7.93. The summed E-state index contributed by atoms with van der Waals surface area (Å²) in [4.78, 5) is 0. The van der Waals surface area contributed by atoms with Crippen LogP contribution in [0.3, 0.4) is 0 Å². The van der Waals surface area contributed by atoms with Crippen molar-refractivity contribution in [1.82, 2.24) is 0 Å². The van der Waals surface area contributed by atoms with Gasteiger partial charge in [-0.05, 0) is 37.0 Å². The monoisotopic (exact) mass is 240 g/mol. The quantitative estimate of drug-likeness (QED) is 0.834. The first-order valence-electron chi connectivity index (χ1n) is 5.35. The molecule has 0 aromatic heterocycles. The number of benzene rings is 1. The molecule has 1 aliphatic carbocycles. The molecule has 0 unspecified atom stereocenters. The number of anilines is 1.